The number of aromatic nitrogens is 2. The van der Waals surface area contributed by atoms with Crippen molar-refractivity contribution in [3.8, 4) is 5.69 Å². The third kappa shape index (κ3) is 2.76. The fourth-order valence-electron chi connectivity index (χ4n) is 2.25. The Kier molecular flexibility index (Phi) is 4.12. The molecule has 0 spiro atoms. The minimum absolute atomic E-state index is 0.268. The Hall–Kier alpha value is -0.850. The summed E-state index contributed by atoms with van der Waals surface area (Å²) in [7, 11) is 0. The quantitative estimate of drug-likeness (QED) is 0.372. The normalized spacial score (nSPS) is 12.8. The van der Waals surface area contributed by atoms with E-state index in [9.17, 15) is 4.39 Å². The summed E-state index contributed by atoms with van der Waals surface area (Å²) in [5.74, 6) is 0.439. The Morgan fingerprint density at radius 2 is 2.00 bits per heavy atom. The van der Waals surface area contributed by atoms with Gasteiger partial charge in [-0.05, 0) is 65.9 Å². The second kappa shape index (κ2) is 5.74. The number of hydrogen-bond acceptors (Lipinski definition) is 1. The molecule has 0 aliphatic heterocycles. The molecule has 3 rings (SSSR count). The Labute approximate surface area is 145 Å². The van der Waals surface area contributed by atoms with Gasteiger partial charge in [-0.15, -0.1) is 11.6 Å². The molecule has 0 aliphatic rings. The molecule has 0 saturated carbocycles. The minimum Gasteiger partial charge on any atom is -0.294 e. The van der Waals surface area contributed by atoms with Crippen molar-refractivity contribution in [1.82, 2.24) is 9.55 Å². The van der Waals surface area contributed by atoms with E-state index in [2.05, 4.69) is 27.6 Å². The number of benzene rings is 2. The number of fused-ring (bicyclic) bond motifs is 1. The van der Waals surface area contributed by atoms with E-state index in [1.54, 1.807) is 18.2 Å². The maximum atomic E-state index is 13.3. The summed E-state index contributed by atoms with van der Waals surface area (Å²) in [6.07, 6.45) is 0. The van der Waals surface area contributed by atoms with Crippen LogP contribution in [0.15, 0.2) is 36.4 Å². The van der Waals surface area contributed by atoms with Gasteiger partial charge in [0.1, 0.15) is 11.6 Å². The molecule has 1 aromatic heterocycles. The molecule has 0 bridgehead atoms. The first-order valence-corrected chi connectivity index (χ1v) is 8.14. The molecule has 0 N–H and O–H groups in total. The highest BCUT2D eigenvalue weighted by Crippen LogP contribution is 2.31. The van der Waals surface area contributed by atoms with E-state index in [4.69, 9.17) is 23.2 Å². The zero-order valence-corrected chi connectivity index (χ0v) is 14.6. The van der Waals surface area contributed by atoms with Gasteiger partial charge in [-0.2, -0.15) is 0 Å². The molecule has 1 atom stereocenters. The monoisotopic (exact) mass is 434 g/mol. The predicted octanol–water partition coefficient (Wildman–Crippen LogP) is 5.72. The molecule has 21 heavy (non-hydrogen) atoms. The Bertz CT molecular complexity index is 830. The predicted molar refractivity (Wildman–Crippen MR) is 93.0 cm³/mol. The summed E-state index contributed by atoms with van der Waals surface area (Å²) < 4.78 is 16.1. The van der Waals surface area contributed by atoms with Crippen LogP contribution in [0.5, 0.6) is 0 Å². The van der Waals surface area contributed by atoms with Crippen molar-refractivity contribution < 1.29 is 4.39 Å². The van der Waals surface area contributed by atoms with E-state index < -0.39 is 0 Å². The topological polar surface area (TPSA) is 17.8 Å². The molecule has 0 fully saturated rings. The van der Waals surface area contributed by atoms with Gasteiger partial charge in [0.05, 0.1) is 22.1 Å². The molecule has 6 heteroatoms. The van der Waals surface area contributed by atoms with Gasteiger partial charge >= 0.3 is 0 Å². The van der Waals surface area contributed by atoms with Crippen molar-refractivity contribution in [2.75, 3.05) is 0 Å². The van der Waals surface area contributed by atoms with Gasteiger partial charge < -0.3 is 0 Å². The lowest BCUT2D eigenvalue weighted by Gasteiger charge is -2.12. The number of hydrogen-bond donors (Lipinski definition) is 0. The van der Waals surface area contributed by atoms with Crippen LogP contribution < -0.4 is 0 Å². The first-order valence-electron chi connectivity index (χ1n) is 6.25. The number of imidazole rings is 1. The maximum Gasteiger partial charge on any atom is 0.132 e. The number of nitrogens with zero attached hydrogens (tertiary/aromatic N) is 2. The van der Waals surface area contributed by atoms with Crippen molar-refractivity contribution >= 4 is 56.8 Å². The second-order valence-electron chi connectivity index (χ2n) is 4.65. The SMILES string of the molecule is CC(Cl)c1nc2cc(Cl)ccc2n1-c1ccc(F)cc1I. The van der Waals surface area contributed by atoms with Crippen molar-refractivity contribution in [1.29, 1.82) is 0 Å². The van der Waals surface area contributed by atoms with Crippen LogP contribution >= 0.6 is 45.8 Å². The third-order valence-electron chi connectivity index (χ3n) is 3.15. The Morgan fingerprint density at radius 1 is 1.24 bits per heavy atom. The summed E-state index contributed by atoms with van der Waals surface area (Å²) in [6.45, 7) is 1.86. The molecule has 0 saturated heterocycles. The molecule has 1 heterocycles. The molecule has 3 aromatic rings. The van der Waals surface area contributed by atoms with E-state index in [1.807, 2.05) is 17.6 Å². The highest BCUT2D eigenvalue weighted by molar-refractivity contribution is 14.1. The maximum absolute atomic E-state index is 13.3. The minimum atomic E-state index is -0.281. The van der Waals surface area contributed by atoms with E-state index >= 15 is 0 Å². The van der Waals surface area contributed by atoms with Gasteiger partial charge in [0, 0.05) is 8.59 Å². The molecule has 0 aliphatic carbocycles. The fourth-order valence-corrected chi connectivity index (χ4v) is 3.29. The lowest BCUT2D eigenvalue weighted by molar-refractivity contribution is 0.626. The van der Waals surface area contributed by atoms with Crippen molar-refractivity contribution in [3.63, 3.8) is 0 Å². The Morgan fingerprint density at radius 3 is 2.67 bits per heavy atom. The van der Waals surface area contributed by atoms with Crippen LogP contribution in [-0.2, 0) is 0 Å². The summed E-state index contributed by atoms with van der Waals surface area (Å²) in [6, 6.07) is 10.2. The lowest BCUT2D eigenvalue weighted by Crippen LogP contribution is -2.04. The zero-order valence-electron chi connectivity index (χ0n) is 10.9. The molecule has 0 radical (unpaired) electrons. The van der Waals surface area contributed by atoms with Crippen LogP contribution in [0.25, 0.3) is 16.7 Å². The third-order valence-corrected chi connectivity index (χ3v) is 4.44. The van der Waals surface area contributed by atoms with Gasteiger partial charge in [-0.25, -0.2) is 9.37 Å². The van der Waals surface area contributed by atoms with Crippen LogP contribution in [-0.4, -0.2) is 9.55 Å². The van der Waals surface area contributed by atoms with Crippen LogP contribution in [0.4, 0.5) is 4.39 Å². The van der Waals surface area contributed by atoms with Crippen molar-refractivity contribution in [3.05, 3.63) is 56.6 Å². The molecule has 2 nitrogen and oxygen atoms in total. The highest BCUT2D eigenvalue weighted by Gasteiger charge is 2.18. The Balaban J connectivity index is 2.36. The van der Waals surface area contributed by atoms with E-state index in [0.29, 0.717) is 10.8 Å². The van der Waals surface area contributed by atoms with E-state index in [0.717, 1.165) is 20.3 Å². The van der Waals surface area contributed by atoms with Gasteiger partial charge in [0.2, 0.25) is 0 Å². The van der Waals surface area contributed by atoms with Gasteiger partial charge in [-0.1, -0.05) is 11.6 Å². The van der Waals surface area contributed by atoms with Crippen LogP contribution in [0, 0.1) is 9.39 Å². The summed E-state index contributed by atoms with van der Waals surface area (Å²) in [5, 5.41) is 0.340. The largest absolute Gasteiger partial charge is 0.294 e. The fraction of sp³-hybridized carbons (Fsp3) is 0.133. The van der Waals surface area contributed by atoms with Gasteiger partial charge in [0.25, 0.3) is 0 Å². The number of halogens is 4. The van der Waals surface area contributed by atoms with Crippen LogP contribution in [0.1, 0.15) is 18.1 Å². The summed E-state index contributed by atoms with van der Waals surface area (Å²) in [4.78, 5) is 4.56. The van der Waals surface area contributed by atoms with E-state index in [1.165, 1.54) is 12.1 Å². The van der Waals surface area contributed by atoms with Gasteiger partial charge in [-0.3, -0.25) is 4.57 Å². The number of alkyl halides is 1. The first kappa shape index (κ1) is 15.1. The lowest BCUT2D eigenvalue weighted by atomic mass is 10.2. The van der Waals surface area contributed by atoms with E-state index in [-0.39, 0.29) is 11.2 Å². The van der Waals surface area contributed by atoms with Crippen molar-refractivity contribution in [2.24, 2.45) is 0 Å². The average molecular weight is 435 g/mol. The summed E-state index contributed by atoms with van der Waals surface area (Å²) >= 11 is 14.4. The number of rotatable bonds is 2. The molecular formula is C15H10Cl2FIN2. The molecule has 1 unspecified atom stereocenters. The molecular weight excluding hydrogens is 425 g/mol. The van der Waals surface area contributed by atoms with Crippen LogP contribution in [0.3, 0.4) is 0 Å². The molecule has 0 amide bonds. The van der Waals surface area contributed by atoms with Crippen LogP contribution in [0.2, 0.25) is 5.02 Å². The second-order valence-corrected chi connectivity index (χ2v) is 6.90. The van der Waals surface area contributed by atoms with Gasteiger partial charge in [0.15, 0.2) is 0 Å². The molecule has 108 valence electrons. The van der Waals surface area contributed by atoms with Crippen molar-refractivity contribution in [2.45, 2.75) is 12.3 Å². The first-order chi connectivity index (χ1) is 9.97. The zero-order chi connectivity index (χ0) is 15.1. The average Bonchev–Trinajstić information content (AvgIpc) is 2.77. The smallest absolute Gasteiger partial charge is 0.132 e. The highest BCUT2D eigenvalue weighted by atomic mass is 127. The summed E-state index contributed by atoms with van der Waals surface area (Å²) in [5.41, 5.74) is 2.51. The molecule has 2 aromatic carbocycles. The standard InChI is InChI=1S/C15H10Cl2FIN2/c1-8(16)15-20-12-6-9(17)2-4-14(12)21(15)13-5-3-10(18)7-11(13)19/h2-8H,1H3.